The molecule has 2 rings (SSSR count). The third-order valence-corrected chi connectivity index (χ3v) is 4.21. The highest BCUT2D eigenvalue weighted by atomic mass is 16.3. The second-order valence-corrected chi connectivity index (χ2v) is 6.21. The zero-order valence-corrected chi connectivity index (χ0v) is 13.7. The van der Waals surface area contributed by atoms with Gasteiger partial charge in [-0.2, -0.15) is 0 Å². The fourth-order valence-corrected chi connectivity index (χ4v) is 3.01. The lowest BCUT2D eigenvalue weighted by molar-refractivity contribution is 0.0196. The van der Waals surface area contributed by atoms with Gasteiger partial charge in [0.15, 0.2) is 0 Å². The number of hydrogen-bond acceptors (Lipinski definition) is 3. The van der Waals surface area contributed by atoms with Crippen LogP contribution in [0, 0.1) is 0 Å². The summed E-state index contributed by atoms with van der Waals surface area (Å²) in [4.78, 5) is 16.8. The highest BCUT2D eigenvalue weighted by Crippen LogP contribution is 2.21. The van der Waals surface area contributed by atoms with Gasteiger partial charge >= 0.3 is 5.69 Å². The van der Waals surface area contributed by atoms with Gasteiger partial charge in [0.25, 0.3) is 0 Å². The van der Waals surface area contributed by atoms with Crippen LogP contribution in [0.1, 0.15) is 58.1 Å². The number of H-pyrrole nitrogens is 2. The van der Waals surface area contributed by atoms with Gasteiger partial charge in [-0.3, -0.25) is 0 Å². The Morgan fingerprint density at radius 3 is 2.45 bits per heavy atom. The molecular weight excluding hydrogens is 278 g/mol. The molecule has 5 heteroatoms. The first-order valence-corrected chi connectivity index (χ1v) is 8.15. The zero-order valence-electron chi connectivity index (χ0n) is 13.7. The van der Waals surface area contributed by atoms with Gasteiger partial charge in [0, 0.05) is 12.6 Å². The minimum Gasteiger partial charge on any atom is -0.389 e. The molecule has 1 aromatic carbocycles. The third-order valence-electron chi connectivity index (χ3n) is 4.21. The van der Waals surface area contributed by atoms with Crippen LogP contribution in [0.2, 0.25) is 0 Å². The molecule has 0 radical (unpaired) electrons. The molecule has 122 valence electrons. The van der Waals surface area contributed by atoms with Gasteiger partial charge < -0.3 is 20.4 Å². The lowest BCUT2D eigenvalue weighted by Gasteiger charge is -2.29. The van der Waals surface area contributed by atoms with Gasteiger partial charge in [-0.1, -0.05) is 32.8 Å². The van der Waals surface area contributed by atoms with Crippen molar-refractivity contribution in [1.29, 1.82) is 0 Å². The molecular formula is C17H27N3O2. The maximum absolute atomic E-state index is 11.3. The minimum atomic E-state index is -0.635. The Labute approximate surface area is 131 Å². The Kier molecular flexibility index (Phi) is 5.42. The van der Waals surface area contributed by atoms with E-state index in [1.807, 2.05) is 18.2 Å². The van der Waals surface area contributed by atoms with E-state index in [9.17, 15) is 9.90 Å². The predicted octanol–water partition coefficient (Wildman–Crippen LogP) is 2.84. The molecule has 1 aromatic heterocycles. The van der Waals surface area contributed by atoms with E-state index in [0.717, 1.165) is 42.3 Å². The van der Waals surface area contributed by atoms with Gasteiger partial charge in [-0.05, 0) is 37.5 Å². The van der Waals surface area contributed by atoms with Crippen molar-refractivity contribution in [1.82, 2.24) is 15.3 Å². The van der Waals surface area contributed by atoms with Crippen LogP contribution in [0.3, 0.4) is 0 Å². The topological polar surface area (TPSA) is 80.9 Å². The molecule has 1 heterocycles. The monoisotopic (exact) mass is 305 g/mol. The smallest absolute Gasteiger partial charge is 0.323 e. The number of imidazole rings is 1. The molecule has 22 heavy (non-hydrogen) atoms. The molecule has 0 aliphatic carbocycles. The lowest BCUT2D eigenvalue weighted by Crippen LogP contribution is -2.41. The summed E-state index contributed by atoms with van der Waals surface area (Å²) in [6.07, 6.45) is 3.57. The normalized spacial score (nSPS) is 13.6. The van der Waals surface area contributed by atoms with Crippen molar-refractivity contribution >= 4 is 11.0 Å². The van der Waals surface area contributed by atoms with E-state index in [1.54, 1.807) is 0 Å². The summed E-state index contributed by atoms with van der Waals surface area (Å²) in [5, 5.41) is 14.1. The van der Waals surface area contributed by atoms with E-state index >= 15 is 0 Å². The Morgan fingerprint density at radius 1 is 1.18 bits per heavy atom. The fourth-order valence-electron chi connectivity index (χ4n) is 3.01. The van der Waals surface area contributed by atoms with Crippen LogP contribution in [-0.2, 0) is 0 Å². The first-order valence-electron chi connectivity index (χ1n) is 8.15. The maximum atomic E-state index is 11.3. The molecule has 0 aliphatic heterocycles. The number of hydrogen-bond donors (Lipinski definition) is 4. The van der Waals surface area contributed by atoms with E-state index in [-0.39, 0.29) is 11.7 Å². The molecule has 0 saturated heterocycles. The number of aromatic amines is 2. The van der Waals surface area contributed by atoms with Crippen molar-refractivity contribution in [3.63, 3.8) is 0 Å². The summed E-state index contributed by atoms with van der Waals surface area (Å²) < 4.78 is 0. The van der Waals surface area contributed by atoms with Crippen LogP contribution in [0.5, 0.6) is 0 Å². The van der Waals surface area contributed by atoms with E-state index in [4.69, 9.17) is 0 Å². The van der Waals surface area contributed by atoms with Gasteiger partial charge in [0.2, 0.25) is 0 Å². The standard InChI is InChI=1S/C17H27N3O2/c1-4-8-17(22,9-5-2)11-18-12(3)13-6-7-14-15(10-13)20-16(21)19-14/h6-7,10,12,18,22H,4-5,8-9,11H2,1-3H3,(H2,19,20,21). The molecule has 0 spiro atoms. The van der Waals surface area contributed by atoms with Crippen molar-refractivity contribution in [2.24, 2.45) is 0 Å². The number of aromatic nitrogens is 2. The molecule has 5 nitrogen and oxygen atoms in total. The molecule has 2 aromatic rings. The first kappa shape index (κ1) is 16.8. The van der Waals surface area contributed by atoms with Crippen LogP contribution in [0.15, 0.2) is 23.0 Å². The van der Waals surface area contributed by atoms with Crippen LogP contribution >= 0.6 is 0 Å². The number of nitrogens with one attached hydrogen (secondary N) is 3. The molecule has 0 fully saturated rings. The van der Waals surface area contributed by atoms with Crippen LogP contribution in [0.25, 0.3) is 11.0 Å². The van der Waals surface area contributed by atoms with Gasteiger partial charge in [0.1, 0.15) is 0 Å². The van der Waals surface area contributed by atoms with Crippen molar-refractivity contribution in [3.05, 3.63) is 34.2 Å². The van der Waals surface area contributed by atoms with Crippen molar-refractivity contribution in [2.75, 3.05) is 6.54 Å². The van der Waals surface area contributed by atoms with E-state index in [1.165, 1.54) is 0 Å². The van der Waals surface area contributed by atoms with Gasteiger partial charge in [-0.15, -0.1) is 0 Å². The zero-order chi connectivity index (χ0) is 16.2. The highest BCUT2D eigenvalue weighted by Gasteiger charge is 2.25. The second-order valence-electron chi connectivity index (χ2n) is 6.21. The second kappa shape index (κ2) is 7.11. The summed E-state index contributed by atoms with van der Waals surface area (Å²) in [7, 11) is 0. The quantitative estimate of drug-likeness (QED) is 0.605. The van der Waals surface area contributed by atoms with Crippen LogP contribution < -0.4 is 11.0 Å². The maximum Gasteiger partial charge on any atom is 0.323 e. The average molecular weight is 305 g/mol. The van der Waals surface area contributed by atoms with E-state index in [2.05, 4.69) is 36.1 Å². The Bertz CT molecular complexity index is 653. The summed E-state index contributed by atoms with van der Waals surface area (Å²) in [5.41, 5.74) is 1.90. The highest BCUT2D eigenvalue weighted by molar-refractivity contribution is 5.75. The summed E-state index contributed by atoms with van der Waals surface area (Å²) >= 11 is 0. The molecule has 4 N–H and O–H groups in total. The van der Waals surface area contributed by atoms with E-state index in [0.29, 0.717) is 6.54 Å². The number of aliphatic hydroxyl groups is 1. The predicted molar refractivity (Wildman–Crippen MR) is 90.1 cm³/mol. The molecule has 0 aliphatic rings. The molecule has 0 saturated carbocycles. The number of fused-ring (bicyclic) bond motifs is 1. The largest absolute Gasteiger partial charge is 0.389 e. The Hall–Kier alpha value is -1.59. The SMILES string of the molecule is CCCC(O)(CCC)CNC(C)c1ccc2[nH]c(=O)[nH]c2c1. The van der Waals surface area contributed by atoms with Crippen molar-refractivity contribution < 1.29 is 5.11 Å². The minimum absolute atomic E-state index is 0.114. The fraction of sp³-hybridized carbons (Fsp3) is 0.588. The Morgan fingerprint density at radius 2 is 1.82 bits per heavy atom. The van der Waals surface area contributed by atoms with Crippen molar-refractivity contribution in [3.8, 4) is 0 Å². The average Bonchev–Trinajstić information content (AvgIpc) is 2.84. The lowest BCUT2D eigenvalue weighted by atomic mass is 9.92. The van der Waals surface area contributed by atoms with Crippen LogP contribution in [-0.4, -0.2) is 27.2 Å². The number of rotatable bonds is 8. The first-order chi connectivity index (χ1) is 10.5. The Balaban J connectivity index is 2.06. The van der Waals surface area contributed by atoms with Crippen molar-refractivity contribution in [2.45, 2.75) is 58.1 Å². The molecule has 1 atom stereocenters. The summed E-state index contributed by atoms with van der Waals surface area (Å²) in [6, 6.07) is 6.00. The number of benzene rings is 1. The van der Waals surface area contributed by atoms with Gasteiger partial charge in [0.05, 0.1) is 16.6 Å². The van der Waals surface area contributed by atoms with Crippen LogP contribution in [0.4, 0.5) is 0 Å². The molecule has 0 amide bonds. The summed E-state index contributed by atoms with van der Waals surface area (Å²) in [5.74, 6) is 0. The molecule has 1 unspecified atom stereocenters. The van der Waals surface area contributed by atoms with Gasteiger partial charge in [-0.25, -0.2) is 4.79 Å². The molecule has 0 bridgehead atoms. The van der Waals surface area contributed by atoms with E-state index < -0.39 is 5.60 Å². The third kappa shape index (κ3) is 3.99. The summed E-state index contributed by atoms with van der Waals surface area (Å²) in [6.45, 7) is 6.85.